The lowest BCUT2D eigenvalue weighted by Gasteiger charge is -2.40. The molecule has 0 N–H and O–H groups in total. The average Bonchev–Trinajstić information content (AvgIpc) is 2.53. The van der Waals surface area contributed by atoms with Gasteiger partial charge in [-0.1, -0.05) is 6.07 Å². The molecule has 2 heterocycles. The van der Waals surface area contributed by atoms with Crippen molar-refractivity contribution in [3.63, 3.8) is 0 Å². The number of pyridine rings is 1. The monoisotopic (exact) mass is 320 g/mol. The normalized spacial score (nSPS) is 17.5. The van der Waals surface area contributed by atoms with Crippen molar-refractivity contribution < 1.29 is 19.1 Å². The molecule has 126 valence electrons. The second kappa shape index (κ2) is 6.56. The van der Waals surface area contributed by atoms with Crippen molar-refractivity contribution in [1.29, 1.82) is 0 Å². The van der Waals surface area contributed by atoms with Gasteiger partial charge in [0.1, 0.15) is 5.60 Å². The largest absolute Gasteiger partial charge is 0.468 e. The number of nitrogens with zero attached hydrogens (tertiary/aromatic N) is 2. The van der Waals surface area contributed by atoms with Gasteiger partial charge in [0.25, 0.3) is 0 Å². The molecule has 0 bridgehead atoms. The Morgan fingerprint density at radius 1 is 1.26 bits per heavy atom. The second-order valence-electron chi connectivity index (χ2n) is 6.78. The topological polar surface area (TPSA) is 68.7 Å². The summed E-state index contributed by atoms with van der Waals surface area (Å²) < 4.78 is 10.4. The quantitative estimate of drug-likeness (QED) is 0.783. The van der Waals surface area contributed by atoms with Crippen molar-refractivity contribution in [3.8, 4) is 0 Å². The van der Waals surface area contributed by atoms with Crippen LogP contribution in [-0.4, -0.2) is 47.7 Å². The SMILES string of the molecule is COC(=O)C1(c2cccnc2)CCN(C(=O)OC(C)(C)C)CC1. The maximum atomic E-state index is 12.4. The summed E-state index contributed by atoms with van der Waals surface area (Å²) in [6.45, 7) is 6.40. The van der Waals surface area contributed by atoms with Crippen molar-refractivity contribution in [3.05, 3.63) is 30.1 Å². The van der Waals surface area contributed by atoms with E-state index in [0.717, 1.165) is 5.56 Å². The first kappa shape index (κ1) is 17.2. The third kappa shape index (κ3) is 3.81. The van der Waals surface area contributed by atoms with Crippen LogP contribution in [0.2, 0.25) is 0 Å². The zero-order valence-electron chi connectivity index (χ0n) is 14.2. The number of amides is 1. The van der Waals surface area contributed by atoms with Crippen LogP contribution in [0.4, 0.5) is 4.79 Å². The number of carbonyl (C=O) groups is 2. The average molecular weight is 320 g/mol. The standard InChI is InChI=1S/C17H24N2O4/c1-16(2,3)23-15(21)19-10-7-17(8-11-19,14(20)22-4)13-6-5-9-18-12-13/h5-6,9,12H,7-8,10-11H2,1-4H3. The van der Waals surface area contributed by atoms with Gasteiger partial charge in [-0.3, -0.25) is 9.78 Å². The molecular weight excluding hydrogens is 296 g/mol. The van der Waals surface area contributed by atoms with Gasteiger partial charge in [0, 0.05) is 25.5 Å². The van der Waals surface area contributed by atoms with Crippen LogP contribution in [0.1, 0.15) is 39.2 Å². The molecule has 6 nitrogen and oxygen atoms in total. The van der Waals surface area contributed by atoms with E-state index in [2.05, 4.69) is 4.98 Å². The number of piperidine rings is 1. The number of carbonyl (C=O) groups excluding carboxylic acids is 2. The lowest BCUT2D eigenvalue weighted by molar-refractivity contribution is -0.149. The Morgan fingerprint density at radius 2 is 1.91 bits per heavy atom. The Balaban J connectivity index is 2.15. The van der Waals surface area contributed by atoms with E-state index >= 15 is 0 Å². The van der Waals surface area contributed by atoms with Crippen molar-refractivity contribution >= 4 is 12.1 Å². The molecule has 1 aromatic heterocycles. The molecule has 0 spiro atoms. The van der Waals surface area contributed by atoms with Crippen LogP contribution in [0.5, 0.6) is 0 Å². The molecule has 0 radical (unpaired) electrons. The first-order chi connectivity index (χ1) is 10.8. The Morgan fingerprint density at radius 3 is 2.39 bits per heavy atom. The van der Waals surface area contributed by atoms with Crippen LogP contribution in [0.3, 0.4) is 0 Å². The fourth-order valence-electron chi connectivity index (χ4n) is 2.85. The van der Waals surface area contributed by atoms with Gasteiger partial charge in [0.05, 0.1) is 12.5 Å². The highest BCUT2D eigenvalue weighted by molar-refractivity contribution is 5.83. The molecule has 1 fully saturated rings. The van der Waals surface area contributed by atoms with Gasteiger partial charge in [0.15, 0.2) is 0 Å². The molecule has 6 heteroatoms. The van der Waals surface area contributed by atoms with E-state index in [4.69, 9.17) is 9.47 Å². The van der Waals surface area contributed by atoms with Crippen molar-refractivity contribution in [2.45, 2.75) is 44.6 Å². The summed E-state index contributed by atoms with van der Waals surface area (Å²) in [7, 11) is 1.39. The molecule has 0 aromatic carbocycles. The fourth-order valence-corrected chi connectivity index (χ4v) is 2.85. The molecule has 0 atom stereocenters. The molecule has 0 saturated carbocycles. The minimum absolute atomic E-state index is 0.283. The predicted octanol–water partition coefficient (Wildman–Crippen LogP) is 2.52. The number of esters is 1. The van der Waals surface area contributed by atoms with E-state index in [-0.39, 0.29) is 12.1 Å². The summed E-state index contributed by atoms with van der Waals surface area (Å²) in [4.78, 5) is 30.3. The summed E-state index contributed by atoms with van der Waals surface area (Å²) in [5.41, 5.74) is -0.450. The smallest absolute Gasteiger partial charge is 0.410 e. The molecule has 1 amide bonds. The van der Waals surface area contributed by atoms with Crippen molar-refractivity contribution in [1.82, 2.24) is 9.88 Å². The third-order valence-electron chi connectivity index (χ3n) is 4.06. The minimum Gasteiger partial charge on any atom is -0.468 e. The summed E-state index contributed by atoms with van der Waals surface area (Å²) in [6.07, 6.45) is 4.00. The van der Waals surface area contributed by atoms with Gasteiger partial charge in [-0.2, -0.15) is 0 Å². The lowest BCUT2D eigenvalue weighted by atomic mass is 9.73. The van der Waals surface area contributed by atoms with Gasteiger partial charge < -0.3 is 14.4 Å². The Labute approximate surface area is 136 Å². The van der Waals surface area contributed by atoms with Gasteiger partial charge >= 0.3 is 12.1 Å². The van der Waals surface area contributed by atoms with E-state index in [0.29, 0.717) is 25.9 Å². The van der Waals surface area contributed by atoms with Crippen LogP contribution in [0.15, 0.2) is 24.5 Å². The van der Waals surface area contributed by atoms with E-state index in [1.54, 1.807) is 23.4 Å². The predicted molar refractivity (Wildman–Crippen MR) is 85.0 cm³/mol. The van der Waals surface area contributed by atoms with Gasteiger partial charge in [0.2, 0.25) is 0 Å². The van der Waals surface area contributed by atoms with Crippen LogP contribution in [0.25, 0.3) is 0 Å². The number of hydrogen-bond donors (Lipinski definition) is 0. The molecular formula is C17H24N2O4. The van der Waals surface area contributed by atoms with Crippen molar-refractivity contribution in [2.24, 2.45) is 0 Å². The van der Waals surface area contributed by atoms with Crippen molar-refractivity contribution in [2.75, 3.05) is 20.2 Å². The highest BCUT2D eigenvalue weighted by Crippen LogP contribution is 2.36. The van der Waals surface area contributed by atoms with Crippen LogP contribution in [0, 0.1) is 0 Å². The van der Waals surface area contributed by atoms with E-state index in [1.165, 1.54) is 7.11 Å². The third-order valence-corrected chi connectivity index (χ3v) is 4.06. The number of likely N-dealkylation sites (tertiary alicyclic amines) is 1. The fraction of sp³-hybridized carbons (Fsp3) is 0.588. The maximum absolute atomic E-state index is 12.4. The molecule has 0 aliphatic carbocycles. The minimum atomic E-state index is -0.748. The first-order valence-electron chi connectivity index (χ1n) is 7.75. The number of hydrogen-bond acceptors (Lipinski definition) is 5. The maximum Gasteiger partial charge on any atom is 0.410 e. The number of rotatable bonds is 2. The molecule has 2 rings (SSSR count). The molecule has 1 aromatic rings. The Hall–Kier alpha value is -2.11. The number of methoxy groups -OCH3 is 1. The molecule has 1 saturated heterocycles. The lowest BCUT2D eigenvalue weighted by Crippen LogP contribution is -2.50. The Bertz CT molecular complexity index is 558. The van der Waals surface area contributed by atoms with E-state index < -0.39 is 11.0 Å². The van der Waals surface area contributed by atoms with Crippen LogP contribution in [-0.2, 0) is 19.7 Å². The zero-order chi connectivity index (χ0) is 17.1. The van der Waals surface area contributed by atoms with Gasteiger partial charge in [-0.15, -0.1) is 0 Å². The van der Waals surface area contributed by atoms with Crippen LogP contribution >= 0.6 is 0 Å². The molecule has 1 aliphatic rings. The van der Waals surface area contributed by atoms with Crippen LogP contribution < -0.4 is 0 Å². The first-order valence-corrected chi connectivity index (χ1v) is 7.75. The highest BCUT2D eigenvalue weighted by atomic mass is 16.6. The van der Waals surface area contributed by atoms with Gasteiger partial charge in [-0.25, -0.2) is 4.79 Å². The summed E-state index contributed by atoms with van der Waals surface area (Å²) >= 11 is 0. The molecule has 0 unspecified atom stereocenters. The number of ether oxygens (including phenoxy) is 2. The van der Waals surface area contributed by atoms with Gasteiger partial charge in [-0.05, 0) is 45.2 Å². The summed E-state index contributed by atoms with van der Waals surface area (Å²) in [5, 5.41) is 0. The summed E-state index contributed by atoms with van der Waals surface area (Å²) in [5.74, 6) is -0.283. The second-order valence-corrected chi connectivity index (χ2v) is 6.78. The Kier molecular flexibility index (Phi) is 4.92. The number of aromatic nitrogens is 1. The van der Waals surface area contributed by atoms with E-state index in [1.807, 2.05) is 26.8 Å². The zero-order valence-corrected chi connectivity index (χ0v) is 14.2. The molecule has 1 aliphatic heterocycles. The summed E-state index contributed by atoms with van der Waals surface area (Å²) in [6, 6.07) is 3.69. The highest BCUT2D eigenvalue weighted by Gasteiger charge is 2.45. The van der Waals surface area contributed by atoms with E-state index in [9.17, 15) is 9.59 Å². The molecule has 23 heavy (non-hydrogen) atoms.